The minimum atomic E-state index is -3.30. The summed E-state index contributed by atoms with van der Waals surface area (Å²) in [5.41, 5.74) is 1.67. The van der Waals surface area contributed by atoms with E-state index < -0.39 is 10.0 Å². The zero-order chi connectivity index (χ0) is 13.2. The van der Waals surface area contributed by atoms with E-state index in [0.29, 0.717) is 5.82 Å². The molecule has 1 aromatic heterocycles. The van der Waals surface area contributed by atoms with Gasteiger partial charge < -0.3 is 0 Å². The van der Waals surface area contributed by atoms with Crippen molar-refractivity contribution in [3.8, 4) is 11.3 Å². The lowest BCUT2D eigenvalue weighted by atomic mass is 10.2. The molecule has 0 radical (unpaired) electrons. The molecule has 1 aromatic carbocycles. The van der Waals surface area contributed by atoms with E-state index in [0.717, 1.165) is 15.7 Å². The second-order valence-electron chi connectivity index (χ2n) is 3.65. The fraction of sp³-hybridized carbons (Fsp3) is 0.182. The van der Waals surface area contributed by atoms with E-state index in [1.165, 1.54) is 0 Å². The summed E-state index contributed by atoms with van der Waals surface area (Å²) in [7, 11) is -3.30. The van der Waals surface area contributed by atoms with Crippen molar-refractivity contribution in [1.82, 2.24) is 10.2 Å². The minimum Gasteiger partial charge on any atom is -0.276 e. The molecule has 1 heterocycles. The second-order valence-corrected chi connectivity index (χ2v) is 6.52. The van der Waals surface area contributed by atoms with Gasteiger partial charge in [0, 0.05) is 16.1 Å². The van der Waals surface area contributed by atoms with E-state index in [1.54, 1.807) is 13.0 Å². The van der Waals surface area contributed by atoms with Crippen molar-refractivity contribution in [2.45, 2.75) is 6.92 Å². The fourth-order valence-corrected chi connectivity index (χ4v) is 2.49. The van der Waals surface area contributed by atoms with Gasteiger partial charge in [-0.2, -0.15) is 5.10 Å². The topological polar surface area (TPSA) is 74.8 Å². The third kappa shape index (κ3) is 2.91. The Morgan fingerprint density at radius 1 is 1.39 bits per heavy atom. The number of aromatic amines is 1. The Labute approximate surface area is 114 Å². The SMILES string of the molecule is CCS(=O)(=O)Nc1cc(-c2ccccc2Br)[nH]n1. The molecule has 0 atom stereocenters. The van der Waals surface area contributed by atoms with Crippen LogP contribution in [0.25, 0.3) is 11.3 Å². The molecule has 0 spiro atoms. The lowest BCUT2D eigenvalue weighted by Crippen LogP contribution is -2.14. The number of anilines is 1. The molecule has 0 fully saturated rings. The van der Waals surface area contributed by atoms with Crippen molar-refractivity contribution in [2.24, 2.45) is 0 Å². The van der Waals surface area contributed by atoms with Crippen LogP contribution in [0.4, 0.5) is 5.82 Å². The van der Waals surface area contributed by atoms with Gasteiger partial charge in [-0.1, -0.05) is 34.1 Å². The van der Waals surface area contributed by atoms with Crippen LogP contribution in [0.15, 0.2) is 34.8 Å². The Morgan fingerprint density at radius 3 is 2.78 bits per heavy atom. The first-order valence-corrected chi connectivity index (χ1v) is 7.77. The third-order valence-electron chi connectivity index (χ3n) is 2.38. The number of H-pyrrole nitrogens is 1. The summed E-state index contributed by atoms with van der Waals surface area (Å²) in [6.45, 7) is 1.57. The average molecular weight is 330 g/mol. The van der Waals surface area contributed by atoms with Crippen LogP contribution in [-0.2, 0) is 10.0 Å². The maximum absolute atomic E-state index is 11.4. The Hall–Kier alpha value is -1.34. The summed E-state index contributed by atoms with van der Waals surface area (Å²) in [6.07, 6.45) is 0. The molecule has 5 nitrogen and oxygen atoms in total. The molecular formula is C11H12BrN3O2S. The largest absolute Gasteiger partial charge is 0.276 e. The van der Waals surface area contributed by atoms with Gasteiger partial charge in [-0.05, 0) is 13.0 Å². The van der Waals surface area contributed by atoms with Crippen LogP contribution in [0.2, 0.25) is 0 Å². The maximum Gasteiger partial charge on any atom is 0.233 e. The zero-order valence-electron chi connectivity index (χ0n) is 9.64. The molecule has 2 rings (SSSR count). The number of rotatable bonds is 4. The van der Waals surface area contributed by atoms with Crippen LogP contribution in [0, 0.1) is 0 Å². The van der Waals surface area contributed by atoms with Crippen LogP contribution in [0.5, 0.6) is 0 Å². The number of hydrogen-bond acceptors (Lipinski definition) is 3. The maximum atomic E-state index is 11.4. The van der Waals surface area contributed by atoms with Crippen molar-refractivity contribution in [2.75, 3.05) is 10.5 Å². The van der Waals surface area contributed by atoms with E-state index in [-0.39, 0.29) is 5.75 Å². The van der Waals surface area contributed by atoms with Crippen molar-refractivity contribution in [1.29, 1.82) is 0 Å². The first-order valence-electron chi connectivity index (χ1n) is 5.32. The van der Waals surface area contributed by atoms with Crippen molar-refractivity contribution in [3.63, 3.8) is 0 Å². The Bertz CT molecular complexity index is 652. The molecule has 0 aliphatic heterocycles. The van der Waals surface area contributed by atoms with Crippen LogP contribution in [0.3, 0.4) is 0 Å². The Balaban J connectivity index is 2.29. The van der Waals surface area contributed by atoms with Gasteiger partial charge in [0.25, 0.3) is 0 Å². The lowest BCUT2D eigenvalue weighted by Gasteiger charge is -2.00. The number of hydrogen-bond donors (Lipinski definition) is 2. The first kappa shape index (κ1) is 13.1. The monoisotopic (exact) mass is 329 g/mol. The molecule has 2 N–H and O–H groups in total. The van der Waals surface area contributed by atoms with Gasteiger partial charge in [-0.25, -0.2) is 8.42 Å². The van der Waals surface area contributed by atoms with E-state index in [4.69, 9.17) is 0 Å². The standard InChI is InChI=1S/C11H12BrN3O2S/c1-2-18(16,17)15-11-7-10(13-14-11)8-5-3-4-6-9(8)12/h3-7H,2H2,1H3,(H2,13,14,15). The summed E-state index contributed by atoms with van der Waals surface area (Å²) in [5.74, 6) is 0.312. The highest BCUT2D eigenvalue weighted by atomic mass is 79.9. The second kappa shape index (κ2) is 5.11. The molecule has 0 aliphatic rings. The van der Waals surface area contributed by atoms with Crippen LogP contribution in [-0.4, -0.2) is 24.4 Å². The predicted octanol–water partition coefficient (Wildman–Crippen LogP) is 2.60. The van der Waals surface area contributed by atoms with Gasteiger partial charge in [-0.3, -0.25) is 9.82 Å². The molecule has 0 saturated carbocycles. The fourth-order valence-electron chi connectivity index (χ4n) is 1.42. The number of nitrogens with zero attached hydrogens (tertiary/aromatic N) is 1. The number of sulfonamides is 1. The van der Waals surface area contributed by atoms with Crippen molar-refractivity contribution >= 4 is 31.8 Å². The summed E-state index contributed by atoms with van der Waals surface area (Å²) >= 11 is 3.43. The van der Waals surface area contributed by atoms with Crippen LogP contribution in [0.1, 0.15) is 6.92 Å². The number of halogens is 1. The predicted molar refractivity (Wildman–Crippen MR) is 74.8 cm³/mol. The highest BCUT2D eigenvalue weighted by Crippen LogP contribution is 2.27. The normalized spacial score (nSPS) is 11.4. The molecule has 0 amide bonds. The van der Waals surface area contributed by atoms with Crippen LogP contribution < -0.4 is 4.72 Å². The van der Waals surface area contributed by atoms with Gasteiger partial charge in [-0.15, -0.1) is 0 Å². The van der Waals surface area contributed by atoms with E-state index in [1.807, 2.05) is 24.3 Å². The van der Waals surface area contributed by atoms with Crippen molar-refractivity contribution in [3.05, 3.63) is 34.8 Å². The van der Waals surface area contributed by atoms with E-state index in [9.17, 15) is 8.42 Å². The average Bonchev–Trinajstić information content (AvgIpc) is 2.77. The first-order chi connectivity index (χ1) is 8.52. The van der Waals surface area contributed by atoms with Crippen molar-refractivity contribution < 1.29 is 8.42 Å². The molecule has 18 heavy (non-hydrogen) atoms. The Kier molecular flexibility index (Phi) is 3.72. The van der Waals surface area contributed by atoms with Gasteiger partial charge >= 0.3 is 0 Å². The highest BCUT2D eigenvalue weighted by molar-refractivity contribution is 9.10. The van der Waals surface area contributed by atoms with Crippen LogP contribution >= 0.6 is 15.9 Å². The molecule has 0 bridgehead atoms. The van der Waals surface area contributed by atoms with E-state index in [2.05, 4.69) is 30.8 Å². The molecule has 0 unspecified atom stereocenters. The third-order valence-corrected chi connectivity index (χ3v) is 4.35. The molecule has 96 valence electrons. The zero-order valence-corrected chi connectivity index (χ0v) is 12.0. The number of nitrogens with one attached hydrogen (secondary N) is 2. The number of benzene rings is 1. The smallest absolute Gasteiger partial charge is 0.233 e. The Morgan fingerprint density at radius 2 is 2.11 bits per heavy atom. The van der Waals surface area contributed by atoms with E-state index >= 15 is 0 Å². The summed E-state index contributed by atoms with van der Waals surface area (Å²) in [4.78, 5) is 0. The quantitative estimate of drug-likeness (QED) is 0.905. The molecular weight excluding hydrogens is 318 g/mol. The van der Waals surface area contributed by atoms with Gasteiger partial charge in [0.15, 0.2) is 5.82 Å². The summed E-state index contributed by atoms with van der Waals surface area (Å²) in [5, 5.41) is 6.73. The highest BCUT2D eigenvalue weighted by Gasteiger charge is 2.11. The lowest BCUT2D eigenvalue weighted by molar-refractivity contribution is 0.602. The molecule has 7 heteroatoms. The molecule has 2 aromatic rings. The summed E-state index contributed by atoms with van der Waals surface area (Å²) in [6, 6.07) is 9.29. The van der Waals surface area contributed by atoms with Gasteiger partial charge in [0.1, 0.15) is 0 Å². The van der Waals surface area contributed by atoms with Gasteiger partial charge in [0.05, 0.1) is 11.4 Å². The number of aromatic nitrogens is 2. The summed E-state index contributed by atoms with van der Waals surface area (Å²) < 4.78 is 26.1. The molecule has 0 saturated heterocycles. The van der Waals surface area contributed by atoms with Gasteiger partial charge in [0.2, 0.25) is 10.0 Å². The molecule has 0 aliphatic carbocycles. The minimum absolute atomic E-state index is 0.0181.